The number of alkyl halides is 2. The lowest BCUT2D eigenvalue weighted by Gasteiger charge is -2.25. The molecular formula is C24H20F2N6O4. The summed E-state index contributed by atoms with van der Waals surface area (Å²) in [6.07, 6.45) is 3.29. The molecule has 3 heterocycles. The molecule has 0 bridgehead atoms. The number of rotatable bonds is 8. The second-order valence-electron chi connectivity index (χ2n) is 7.78. The quantitative estimate of drug-likeness (QED) is 0.391. The molecule has 0 saturated carbocycles. The van der Waals surface area contributed by atoms with Crippen molar-refractivity contribution in [3.63, 3.8) is 0 Å². The SMILES string of the molecule is O=C(c1cccnc1)N(c1ccc(-c2nn[nH]n2)cc1)c1ccc(OC(F)F)c(O[C@@H]2CCOC2)c1. The van der Waals surface area contributed by atoms with Crippen molar-refractivity contribution in [2.24, 2.45) is 0 Å². The Morgan fingerprint density at radius 1 is 1.11 bits per heavy atom. The third kappa shape index (κ3) is 5.13. The van der Waals surface area contributed by atoms with Gasteiger partial charge < -0.3 is 14.2 Å². The topological polar surface area (TPSA) is 115 Å². The van der Waals surface area contributed by atoms with Gasteiger partial charge in [-0.2, -0.15) is 14.0 Å². The van der Waals surface area contributed by atoms with E-state index in [1.165, 1.54) is 29.3 Å². The summed E-state index contributed by atoms with van der Waals surface area (Å²) in [6, 6.07) is 14.6. The zero-order valence-corrected chi connectivity index (χ0v) is 18.8. The molecule has 10 nitrogen and oxygen atoms in total. The number of hydrogen-bond donors (Lipinski definition) is 1. The molecule has 1 aliphatic heterocycles. The molecule has 0 unspecified atom stereocenters. The predicted molar refractivity (Wildman–Crippen MR) is 123 cm³/mol. The number of hydrogen-bond acceptors (Lipinski definition) is 8. The number of aromatic amines is 1. The van der Waals surface area contributed by atoms with Crippen molar-refractivity contribution >= 4 is 17.3 Å². The fraction of sp³-hybridized carbons (Fsp3) is 0.208. The molecule has 0 aliphatic carbocycles. The minimum atomic E-state index is -3.04. The van der Waals surface area contributed by atoms with Crippen LogP contribution in [-0.4, -0.2) is 57.4 Å². The van der Waals surface area contributed by atoms with Crippen molar-refractivity contribution < 1.29 is 27.8 Å². The van der Waals surface area contributed by atoms with Crippen LogP contribution in [0.4, 0.5) is 20.2 Å². The van der Waals surface area contributed by atoms with Crippen LogP contribution in [0.3, 0.4) is 0 Å². The van der Waals surface area contributed by atoms with Gasteiger partial charge in [0.2, 0.25) is 5.82 Å². The number of carbonyl (C=O) groups excluding carboxylic acids is 1. The Kier molecular flexibility index (Phi) is 6.76. The highest BCUT2D eigenvalue weighted by molar-refractivity contribution is 6.11. The maximum atomic E-state index is 13.6. The summed E-state index contributed by atoms with van der Waals surface area (Å²) in [7, 11) is 0. The summed E-state index contributed by atoms with van der Waals surface area (Å²) in [6.45, 7) is -2.20. The highest BCUT2D eigenvalue weighted by Gasteiger charge is 2.25. The Labute approximate surface area is 203 Å². The van der Waals surface area contributed by atoms with Gasteiger partial charge in [-0.05, 0) is 53.7 Å². The number of nitrogens with one attached hydrogen (secondary N) is 1. The minimum Gasteiger partial charge on any atom is -0.484 e. The van der Waals surface area contributed by atoms with Crippen molar-refractivity contribution in [1.29, 1.82) is 0 Å². The van der Waals surface area contributed by atoms with Crippen LogP contribution in [0.1, 0.15) is 16.8 Å². The van der Waals surface area contributed by atoms with E-state index in [1.54, 1.807) is 42.6 Å². The van der Waals surface area contributed by atoms with Crippen molar-refractivity contribution in [3.8, 4) is 22.9 Å². The molecule has 36 heavy (non-hydrogen) atoms. The fourth-order valence-electron chi connectivity index (χ4n) is 3.75. The lowest BCUT2D eigenvalue weighted by Crippen LogP contribution is -2.26. The molecular weight excluding hydrogens is 474 g/mol. The van der Waals surface area contributed by atoms with Gasteiger partial charge in [0.15, 0.2) is 11.5 Å². The van der Waals surface area contributed by atoms with E-state index in [0.717, 1.165) is 0 Å². The molecule has 5 rings (SSSR count). The molecule has 184 valence electrons. The number of benzene rings is 2. The molecule has 1 atom stereocenters. The number of amides is 1. The smallest absolute Gasteiger partial charge is 0.387 e. The summed E-state index contributed by atoms with van der Waals surface area (Å²) in [5, 5.41) is 13.9. The molecule has 1 amide bonds. The van der Waals surface area contributed by atoms with Crippen LogP contribution < -0.4 is 14.4 Å². The first-order chi connectivity index (χ1) is 17.6. The van der Waals surface area contributed by atoms with Gasteiger partial charge in [-0.25, -0.2) is 0 Å². The second-order valence-corrected chi connectivity index (χ2v) is 7.78. The highest BCUT2D eigenvalue weighted by Crippen LogP contribution is 2.38. The van der Waals surface area contributed by atoms with Gasteiger partial charge in [0.1, 0.15) is 6.10 Å². The third-order valence-corrected chi connectivity index (χ3v) is 5.42. The standard InChI is InChI=1S/C24H20F2N6O4/c25-24(26)36-20-8-7-18(12-21(20)35-19-9-11-34-14-19)32(23(33)16-2-1-10-27-13-16)17-5-3-15(4-6-17)22-28-30-31-29-22/h1-8,10,12-13,19,24H,9,11,14H2,(H,28,29,30,31)/t19-/m1/s1. The maximum Gasteiger partial charge on any atom is 0.387 e. The lowest BCUT2D eigenvalue weighted by molar-refractivity contribution is -0.0520. The molecule has 12 heteroatoms. The summed E-state index contributed by atoms with van der Waals surface area (Å²) in [4.78, 5) is 19.1. The number of anilines is 2. The average molecular weight is 494 g/mol. The number of carbonyl (C=O) groups is 1. The number of H-pyrrole nitrogens is 1. The van der Waals surface area contributed by atoms with Crippen molar-refractivity contribution in [3.05, 3.63) is 72.6 Å². The first-order valence-corrected chi connectivity index (χ1v) is 11.0. The van der Waals surface area contributed by atoms with E-state index in [1.807, 2.05) is 0 Å². The number of aromatic nitrogens is 5. The molecule has 1 N–H and O–H groups in total. The zero-order chi connectivity index (χ0) is 24.9. The molecule has 4 aromatic rings. The van der Waals surface area contributed by atoms with Crippen molar-refractivity contribution in [1.82, 2.24) is 25.6 Å². The molecule has 0 spiro atoms. The monoisotopic (exact) mass is 494 g/mol. The Balaban J connectivity index is 1.55. The molecule has 0 radical (unpaired) electrons. The largest absolute Gasteiger partial charge is 0.484 e. The van der Waals surface area contributed by atoms with Crippen LogP contribution in [0, 0.1) is 0 Å². The molecule has 2 aromatic heterocycles. The Hall–Kier alpha value is -4.45. The van der Waals surface area contributed by atoms with Gasteiger partial charge in [-0.3, -0.25) is 14.7 Å². The number of pyridine rings is 1. The molecule has 2 aromatic carbocycles. The average Bonchev–Trinajstić information content (AvgIpc) is 3.61. The molecule has 1 saturated heterocycles. The lowest BCUT2D eigenvalue weighted by atomic mass is 10.1. The summed E-state index contributed by atoms with van der Waals surface area (Å²) >= 11 is 0. The van der Waals surface area contributed by atoms with Crippen LogP contribution in [0.25, 0.3) is 11.4 Å². The van der Waals surface area contributed by atoms with Gasteiger partial charge in [0.25, 0.3) is 5.91 Å². The summed E-state index contributed by atoms with van der Waals surface area (Å²) in [5.74, 6) is -0.0414. The highest BCUT2D eigenvalue weighted by atomic mass is 19.3. The van der Waals surface area contributed by atoms with Crippen LogP contribution in [0.2, 0.25) is 0 Å². The van der Waals surface area contributed by atoms with Crippen LogP contribution in [0.15, 0.2) is 67.0 Å². The van der Waals surface area contributed by atoms with Gasteiger partial charge in [-0.15, -0.1) is 10.2 Å². The van der Waals surface area contributed by atoms with E-state index >= 15 is 0 Å². The van der Waals surface area contributed by atoms with E-state index in [4.69, 9.17) is 9.47 Å². The van der Waals surface area contributed by atoms with Gasteiger partial charge in [-0.1, -0.05) is 0 Å². The van der Waals surface area contributed by atoms with Gasteiger partial charge in [0, 0.05) is 36.1 Å². The third-order valence-electron chi connectivity index (χ3n) is 5.42. The van der Waals surface area contributed by atoms with E-state index in [2.05, 4.69) is 30.3 Å². The van der Waals surface area contributed by atoms with Crippen molar-refractivity contribution in [2.75, 3.05) is 18.1 Å². The maximum absolute atomic E-state index is 13.6. The summed E-state index contributed by atoms with van der Waals surface area (Å²) < 4.78 is 42.0. The van der Waals surface area contributed by atoms with E-state index in [0.29, 0.717) is 48.0 Å². The Bertz CT molecular complexity index is 1300. The Morgan fingerprint density at radius 2 is 1.94 bits per heavy atom. The van der Waals surface area contributed by atoms with E-state index in [-0.39, 0.29) is 23.5 Å². The normalized spacial score (nSPS) is 15.1. The molecule has 1 aliphatic rings. The van der Waals surface area contributed by atoms with Crippen LogP contribution >= 0.6 is 0 Å². The zero-order valence-electron chi connectivity index (χ0n) is 18.8. The summed E-state index contributed by atoms with van der Waals surface area (Å²) in [5.41, 5.74) is 1.91. The number of tetrazole rings is 1. The number of nitrogens with zero attached hydrogens (tertiary/aromatic N) is 5. The number of ether oxygens (including phenoxy) is 3. The minimum absolute atomic E-state index is 0.0794. The first kappa shape index (κ1) is 23.3. The van der Waals surface area contributed by atoms with Crippen LogP contribution in [-0.2, 0) is 4.74 Å². The molecule has 1 fully saturated rings. The van der Waals surface area contributed by atoms with Crippen molar-refractivity contribution in [2.45, 2.75) is 19.1 Å². The van der Waals surface area contributed by atoms with E-state index in [9.17, 15) is 13.6 Å². The van der Waals surface area contributed by atoms with Crippen LogP contribution in [0.5, 0.6) is 11.5 Å². The van der Waals surface area contributed by atoms with Gasteiger partial charge >= 0.3 is 6.61 Å². The first-order valence-electron chi connectivity index (χ1n) is 11.0. The predicted octanol–water partition coefficient (Wildman–Crippen LogP) is 4.01. The fourth-order valence-corrected chi connectivity index (χ4v) is 3.75. The van der Waals surface area contributed by atoms with Gasteiger partial charge in [0.05, 0.1) is 24.5 Å². The van der Waals surface area contributed by atoms with E-state index < -0.39 is 6.61 Å². The Morgan fingerprint density at radius 3 is 2.61 bits per heavy atom. The second kappa shape index (κ2) is 10.4. The number of halogens is 2.